The molecule has 114 valence electrons. The number of aromatic nitrogens is 2. The highest BCUT2D eigenvalue weighted by Crippen LogP contribution is 2.22. The van der Waals surface area contributed by atoms with Gasteiger partial charge in [0, 0.05) is 6.54 Å². The van der Waals surface area contributed by atoms with E-state index in [4.69, 9.17) is 5.26 Å². The van der Waals surface area contributed by atoms with Gasteiger partial charge in [0.25, 0.3) is 0 Å². The van der Waals surface area contributed by atoms with Crippen molar-refractivity contribution in [2.24, 2.45) is 0 Å². The minimum atomic E-state index is 0.682. The van der Waals surface area contributed by atoms with E-state index in [0.29, 0.717) is 5.56 Å². The first-order valence-corrected chi connectivity index (χ1v) is 7.83. The molecule has 0 aliphatic rings. The molecule has 0 atom stereocenters. The van der Waals surface area contributed by atoms with Gasteiger partial charge in [0.05, 0.1) is 29.0 Å². The summed E-state index contributed by atoms with van der Waals surface area (Å²) in [4.78, 5) is 4.43. The number of hydrogen-bond acceptors (Lipinski definition) is 2. The summed E-state index contributed by atoms with van der Waals surface area (Å²) in [6.07, 6.45) is 1.88. The minimum Gasteiger partial charge on any atom is -0.326 e. The molecule has 0 aliphatic heterocycles. The zero-order chi connectivity index (χ0) is 16.4. The molecule has 0 N–H and O–H groups in total. The van der Waals surface area contributed by atoms with Gasteiger partial charge in [0.2, 0.25) is 0 Å². The lowest BCUT2D eigenvalue weighted by molar-refractivity contribution is 0.825. The van der Waals surface area contributed by atoms with Gasteiger partial charge in [-0.2, -0.15) is 5.26 Å². The van der Waals surface area contributed by atoms with Crippen LogP contribution in [0.2, 0.25) is 0 Å². The van der Waals surface area contributed by atoms with Crippen LogP contribution in [0.5, 0.6) is 0 Å². The van der Waals surface area contributed by atoms with Crippen LogP contribution in [-0.4, -0.2) is 9.55 Å². The van der Waals surface area contributed by atoms with E-state index in [1.807, 2.05) is 48.8 Å². The Kier molecular flexibility index (Phi) is 3.57. The number of nitriles is 1. The predicted octanol–water partition coefficient (Wildman–Crippen LogP) is 4.62. The van der Waals surface area contributed by atoms with Gasteiger partial charge in [0.15, 0.2) is 0 Å². The van der Waals surface area contributed by atoms with E-state index in [9.17, 15) is 0 Å². The third kappa shape index (κ3) is 2.66. The first-order chi connectivity index (χ1) is 11.8. The third-order valence-electron chi connectivity index (χ3n) is 4.16. The molecule has 1 heterocycles. The maximum atomic E-state index is 9.02. The summed E-state index contributed by atoms with van der Waals surface area (Å²) in [5.74, 6) is 0. The molecule has 0 unspecified atom stereocenters. The molecule has 4 rings (SSSR count). The Bertz CT molecular complexity index is 1040. The average Bonchev–Trinajstić information content (AvgIpc) is 3.05. The summed E-state index contributed by atoms with van der Waals surface area (Å²) in [5.41, 5.74) is 6.24. The van der Waals surface area contributed by atoms with E-state index in [1.54, 1.807) is 0 Å². The van der Waals surface area contributed by atoms with Crippen LogP contribution in [0.15, 0.2) is 79.1 Å². The fourth-order valence-electron chi connectivity index (χ4n) is 2.90. The molecule has 0 spiro atoms. The van der Waals surface area contributed by atoms with Crippen LogP contribution in [0.4, 0.5) is 0 Å². The summed E-state index contributed by atoms with van der Waals surface area (Å²) in [6.45, 7) is 0.791. The summed E-state index contributed by atoms with van der Waals surface area (Å²) in [5, 5.41) is 9.02. The van der Waals surface area contributed by atoms with Crippen LogP contribution >= 0.6 is 0 Å². The first-order valence-electron chi connectivity index (χ1n) is 7.83. The van der Waals surface area contributed by atoms with Crippen LogP contribution in [0.1, 0.15) is 11.1 Å². The van der Waals surface area contributed by atoms with Crippen LogP contribution < -0.4 is 0 Å². The Balaban J connectivity index is 1.61. The van der Waals surface area contributed by atoms with Gasteiger partial charge in [0.1, 0.15) is 0 Å². The maximum absolute atomic E-state index is 9.02. The van der Waals surface area contributed by atoms with E-state index in [1.165, 1.54) is 5.56 Å². The Labute approximate surface area is 140 Å². The first kappa shape index (κ1) is 14.2. The SMILES string of the molecule is N#Cc1cccc(-c2ccc(Cn3cnc4ccccc43)cc2)c1. The molecule has 0 saturated heterocycles. The Morgan fingerprint density at radius 1 is 0.875 bits per heavy atom. The number of hydrogen-bond donors (Lipinski definition) is 0. The monoisotopic (exact) mass is 309 g/mol. The zero-order valence-electron chi connectivity index (χ0n) is 13.1. The molecule has 24 heavy (non-hydrogen) atoms. The Hall–Kier alpha value is -3.38. The van der Waals surface area contributed by atoms with Gasteiger partial charge in [-0.25, -0.2) is 4.98 Å². The molecule has 1 aromatic heterocycles. The van der Waals surface area contributed by atoms with Gasteiger partial charge < -0.3 is 4.57 Å². The number of rotatable bonds is 3. The van der Waals surface area contributed by atoms with Crippen molar-refractivity contribution in [2.45, 2.75) is 6.54 Å². The predicted molar refractivity (Wildman–Crippen MR) is 95.4 cm³/mol. The molecule has 3 aromatic carbocycles. The highest BCUT2D eigenvalue weighted by Gasteiger charge is 2.03. The van der Waals surface area contributed by atoms with Crippen LogP contribution in [0.25, 0.3) is 22.2 Å². The lowest BCUT2D eigenvalue weighted by atomic mass is 10.0. The van der Waals surface area contributed by atoms with Crippen molar-refractivity contribution in [3.8, 4) is 17.2 Å². The lowest BCUT2D eigenvalue weighted by Crippen LogP contribution is -1.97. The third-order valence-corrected chi connectivity index (χ3v) is 4.16. The largest absolute Gasteiger partial charge is 0.326 e. The average molecular weight is 309 g/mol. The molecule has 4 aromatic rings. The standard InChI is InChI=1S/C21H15N3/c22-13-17-4-3-5-19(12-17)18-10-8-16(9-11-18)14-24-15-23-20-6-1-2-7-21(20)24/h1-12,15H,14H2. The van der Waals surface area contributed by atoms with Gasteiger partial charge in [-0.1, -0.05) is 48.5 Å². The van der Waals surface area contributed by atoms with Crippen molar-refractivity contribution < 1.29 is 0 Å². The van der Waals surface area contributed by atoms with Crippen molar-refractivity contribution in [3.63, 3.8) is 0 Å². The lowest BCUT2D eigenvalue weighted by Gasteiger charge is -2.07. The second kappa shape index (κ2) is 6.02. The quantitative estimate of drug-likeness (QED) is 0.554. The Morgan fingerprint density at radius 3 is 2.54 bits per heavy atom. The number of fused-ring (bicyclic) bond motifs is 1. The van der Waals surface area contributed by atoms with Crippen molar-refractivity contribution in [2.75, 3.05) is 0 Å². The number of benzene rings is 3. The zero-order valence-corrected chi connectivity index (χ0v) is 13.1. The molecular weight excluding hydrogens is 294 g/mol. The van der Waals surface area contributed by atoms with Crippen LogP contribution in [0, 0.1) is 11.3 Å². The summed E-state index contributed by atoms with van der Waals surface area (Å²) < 4.78 is 2.15. The molecule has 0 radical (unpaired) electrons. The summed E-state index contributed by atoms with van der Waals surface area (Å²) in [7, 11) is 0. The molecule has 0 amide bonds. The fourth-order valence-corrected chi connectivity index (χ4v) is 2.90. The van der Waals surface area contributed by atoms with Gasteiger partial charge >= 0.3 is 0 Å². The van der Waals surface area contributed by atoms with Crippen molar-refractivity contribution in [1.82, 2.24) is 9.55 Å². The van der Waals surface area contributed by atoms with Crippen LogP contribution in [0.3, 0.4) is 0 Å². The minimum absolute atomic E-state index is 0.682. The molecule has 0 fully saturated rings. The second-order valence-electron chi connectivity index (χ2n) is 5.75. The second-order valence-corrected chi connectivity index (χ2v) is 5.75. The molecular formula is C21H15N3. The fraction of sp³-hybridized carbons (Fsp3) is 0.0476. The van der Waals surface area contributed by atoms with Gasteiger partial charge in [-0.05, 0) is 41.0 Å². The van der Waals surface area contributed by atoms with Crippen LogP contribution in [-0.2, 0) is 6.54 Å². The Morgan fingerprint density at radius 2 is 1.71 bits per heavy atom. The van der Waals surface area contributed by atoms with E-state index in [-0.39, 0.29) is 0 Å². The van der Waals surface area contributed by atoms with Crippen molar-refractivity contribution in [3.05, 3.63) is 90.3 Å². The summed E-state index contributed by atoms with van der Waals surface area (Å²) in [6, 6.07) is 26.5. The maximum Gasteiger partial charge on any atom is 0.0991 e. The van der Waals surface area contributed by atoms with E-state index in [0.717, 1.165) is 28.7 Å². The topological polar surface area (TPSA) is 41.6 Å². The van der Waals surface area contributed by atoms with Gasteiger partial charge in [-0.15, -0.1) is 0 Å². The molecule has 0 bridgehead atoms. The van der Waals surface area contributed by atoms with E-state index >= 15 is 0 Å². The van der Waals surface area contributed by atoms with Gasteiger partial charge in [-0.3, -0.25) is 0 Å². The highest BCUT2D eigenvalue weighted by molar-refractivity contribution is 5.75. The number of nitrogens with zero attached hydrogens (tertiary/aromatic N) is 3. The number of imidazole rings is 1. The smallest absolute Gasteiger partial charge is 0.0991 e. The van der Waals surface area contributed by atoms with E-state index in [2.05, 4.69) is 46.0 Å². The highest BCUT2D eigenvalue weighted by atomic mass is 15.0. The number of para-hydroxylation sites is 2. The molecule has 0 saturated carbocycles. The van der Waals surface area contributed by atoms with Crippen molar-refractivity contribution in [1.29, 1.82) is 5.26 Å². The molecule has 3 nitrogen and oxygen atoms in total. The molecule has 0 aliphatic carbocycles. The molecule has 3 heteroatoms. The van der Waals surface area contributed by atoms with Crippen molar-refractivity contribution >= 4 is 11.0 Å². The van der Waals surface area contributed by atoms with E-state index < -0.39 is 0 Å². The normalized spacial score (nSPS) is 10.6. The summed E-state index contributed by atoms with van der Waals surface area (Å²) >= 11 is 0.